The molecule has 0 unspecified atom stereocenters. The molecule has 1 aliphatic carbocycles. The molecule has 0 atom stereocenters. The Hall–Kier alpha value is -1.67. The van der Waals surface area contributed by atoms with Crippen molar-refractivity contribution in [3.63, 3.8) is 0 Å². The summed E-state index contributed by atoms with van der Waals surface area (Å²) in [4.78, 5) is 12.8. The number of hydrogen-bond acceptors (Lipinski definition) is 6. The van der Waals surface area contributed by atoms with Crippen LogP contribution >= 0.6 is 11.3 Å². The van der Waals surface area contributed by atoms with Crippen molar-refractivity contribution in [2.24, 2.45) is 7.05 Å². The molecule has 0 saturated carbocycles. The van der Waals surface area contributed by atoms with Crippen LogP contribution in [0.5, 0.6) is 0 Å². The second kappa shape index (κ2) is 5.42. The van der Waals surface area contributed by atoms with E-state index in [2.05, 4.69) is 18.9 Å². The zero-order chi connectivity index (χ0) is 17.9. The summed E-state index contributed by atoms with van der Waals surface area (Å²) in [5, 5.41) is 4.32. The van der Waals surface area contributed by atoms with Crippen molar-refractivity contribution < 1.29 is 17.9 Å². The Labute approximate surface area is 145 Å². The molecule has 0 spiro atoms. The average Bonchev–Trinajstić information content (AvgIpc) is 2.99. The largest absolute Gasteiger partial charge is 0.462 e. The van der Waals surface area contributed by atoms with Gasteiger partial charge in [0.1, 0.15) is 9.09 Å². The van der Waals surface area contributed by atoms with Crippen molar-refractivity contribution in [1.82, 2.24) is 9.78 Å². The van der Waals surface area contributed by atoms with Crippen LogP contribution in [0.1, 0.15) is 41.6 Å². The number of hydrogen-bond donors (Lipinski definition) is 0. The monoisotopic (exact) mass is 368 g/mol. The number of nitrogens with zero attached hydrogens (tertiary/aromatic N) is 2. The van der Waals surface area contributed by atoms with Crippen molar-refractivity contribution in [3.05, 3.63) is 22.2 Å². The van der Waals surface area contributed by atoms with Gasteiger partial charge in [0.05, 0.1) is 18.5 Å². The van der Waals surface area contributed by atoms with Crippen molar-refractivity contribution in [3.8, 4) is 11.3 Å². The third-order valence-electron chi connectivity index (χ3n) is 4.30. The maximum Gasteiger partial charge on any atom is 0.348 e. The highest BCUT2D eigenvalue weighted by atomic mass is 32.2. The molecular weight excluding hydrogens is 348 g/mol. The smallest absolute Gasteiger partial charge is 0.348 e. The normalized spacial score (nSPS) is 15.7. The number of sulfone groups is 1. The lowest BCUT2D eigenvalue weighted by molar-refractivity contribution is 0.0530. The van der Waals surface area contributed by atoms with Gasteiger partial charge < -0.3 is 4.74 Å². The molecule has 6 nitrogen and oxygen atoms in total. The summed E-state index contributed by atoms with van der Waals surface area (Å²) < 4.78 is 31.7. The number of esters is 1. The number of carbonyl (C=O) groups is 1. The van der Waals surface area contributed by atoms with E-state index >= 15 is 0 Å². The van der Waals surface area contributed by atoms with Crippen LogP contribution in [0.2, 0.25) is 0 Å². The van der Waals surface area contributed by atoms with Crippen LogP contribution in [-0.2, 0) is 33.5 Å². The third-order valence-corrected chi connectivity index (χ3v) is 7.34. The summed E-state index contributed by atoms with van der Waals surface area (Å²) in [5.74, 6) is -0.463. The van der Waals surface area contributed by atoms with Crippen molar-refractivity contribution in [2.45, 2.75) is 36.8 Å². The minimum Gasteiger partial charge on any atom is -0.462 e. The van der Waals surface area contributed by atoms with E-state index in [4.69, 9.17) is 4.74 Å². The molecule has 130 valence electrons. The Morgan fingerprint density at radius 2 is 2.12 bits per heavy atom. The predicted octanol–water partition coefficient (Wildman–Crippen LogP) is 2.56. The molecule has 24 heavy (non-hydrogen) atoms. The van der Waals surface area contributed by atoms with E-state index in [1.807, 2.05) is 0 Å². The van der Waals surface area contributed by atoms with Gasteiger partial charge in [0, 0.05) is 24.4 Å². The minimum absolute atomic E-state index is 0.209. The fourth-order valence-corrected chi connectivity index (χ4v) is 5.63. The molecule has 3 rings (SSSR count). The second-order valence-electron chi connectivity index (χ2n) is 6.66. The fraction of sp³-hybridized carbons (Fsp3) is 0.500. The molecule has 0 N–H and O–H groups in total. The Bertz CT molecular complexity index is 936. The second-order valence-corrected chi connectivity index (χ2v) is 9.89. The maximum absolute atomic E-state index is 12.4. The Kier molecular flexibility index (Phi) is 3.88. The highest BCUT2D eigenvalue weighted by Gasteiger charge is 2.41. The van der Waals surface area contributed by atoms with Crippen LogP contribution < -0.4 is 0 Å². The summed E-state index contributed by atoms with van der Waals surface area (Å²) in [6.07, 6.45) is 3.52. The van der Waals surface area contributed by atoms with Crippen molar-refractivity contribution in [2.75, 3.05) is 12.9 Å². The SMILES string of the molecule is CCOC(=O)c1sc(S(C)(=O)=O)c2c1CC(C)(C)c1cnn(C)c1-2. The fourth-order valence-electron chi connectivity index (χ4n) is 3.24. The Balaban J connectivity index is 2.39. The molecule has 2 heterocycles. The lowest BCUT2D eigenvalue weighted by atomic mass is 9.73. The van der Waals surface area contributed by atoms with Gasteiger partial charge in [-0.1, -0.05) is 13.8 Å². The van der Waals surface area contributed by atoms with E-state index in [-0.39, 0.29) is 16.2 Å². The van der Waals surface area contributed by atoms with Gasteiger partial charge in [-0.3, -0.25) is 4.68 Å². The molecule has 2 aromatic heterocycles. The van der Waals surface area contributed by atoms with E-state index in [1.54, 1.807) is 24.9 Å². The average molecular weight is 368 g/mol. The van der Waals surface area contributed by atoms with Crippen LogP contribution in [-0.4, -0.2) is 37.0 Å². The van der Waals surface area contributed by atoms with E-state index in [0.717, 1.165) is 28.2 Å². The van der Waals surface area contributed by atoms with Crippen LogP contribution in [0.4, 0.5) is 0 Å². The molecule has 1 aliphatic rings. The van der Waals surface area contributed by atoms with Gasteiger partial charge in [-0.25, -0.2) is 13.2 Å². The van der Waals surface area contributed by atoms with Gasteiger partial charge in [0.2, 0.25) is 0 Å². The minimum atomic E-state index is -3.48. The van der Waals surface area contributed by atoms with Gasteiger partial charge >= 0.3 is 5.97 Å². The Morgan fingerprint density at radius 1 is 1.46 bits per heavy atom. The molecule has 0 aliphatic heterocycles. The van der Waals surface area contributed by atoms with E-state index < -0.39 is 15.8 Å². The van der Waals surface area contributed by atoms with E-state index in [1.165, 1.54) is 6.26 Å². The number of thiophene rings is 1. The first-order valence-electron chi connectivity index (χ1n) is 7.63. The van der Waals surface area contributed by atoms with Gasteiger partial charge in [-0.2, -0.15) is 5.10 Å². The van der Waals surface area contributed by atoms with Gasteiger partial charge in [-0.15, -0.1) is 11.3 Å². The topological polar surface area (TPSA) is 78.3 Å². The highest BCUT2D eigenvalue weighted by Crippen LogP contribution is 2.50. The molecule has 0 aromatic carbocycles. The molecular formula is C16H20N2O4S2. The zero-order valence-electron chi connectivity index (χ0n) is 14.3. The molecule has 0 bridgehead atoms. The number of aryl methyl sites for hydroxylation is 1. The van der Waals surface area contributed by atoms with E-state index in [0.29, 0.717) is 16.9 Å². The lowest BCUT2D eigenvalue weighted by Gasteiger charge is -2.30. The summed E-state index contributed by atoms with van der Waals surface area (Å²) in [6.45, 7) is 6.13. The number of fused-ring (bicyclic) bond motifs is 3. The van der Waals surface area contributed by atoms with Gasteiger partial charge in [0.25, 0.3) is 0 Å². The van der Waals surface area contributed by atoms with Crippen molar-refractivity contribution in [1.29, 1.82) is 0 Å². The molecule has 0 radical (unpaired) electrons. The number of carbonyl (C=O) groups excluding carboxylic acids is 1. The summed E-state index contributed by atoms with van der Waals surface area (Å²) in [6, 6.07) is 0. The van der Waals surface area contributed by atoms with Crippen molar-refractivity contribution >= 4 is 27.1 Å². The molecule has 8 heteroatoms. The molecule has 0 saturated heterocycles. The first-order valence-corrected chi connectivity index (χ1v) is 10.3. The summed E-state index contributed by atoms with van der Waals surface area (Å²) in [5.41, 5.74) is 2.89. The third kappa shape index (κ3) is 2.48. The maximum atomic E-state index is 12.4. The number of rotatable bonds is 3. The quantitative estimate of drug-likeness (QED) is 0.778. The van der Waals surface area contributed by atoms with Gasteiger partial charge in [-0.05, 0) is 24.3 Å². The summed E-state index contributed by atoms with van der Waals surface area (Å²) >= 11 is 1.00. The standard InChI is InChI=1S/C16H20N2O4S2/c1-6-22-14(19)13-9-7-16(2,3)10-8-17-18(4)12(10)11(9)15(23-13)24(5,20)21/h8H,6-7H2,1-5H3. The van der Waals surface area contributed by atoms with Crippen LogP contribution in [0.25, 0.3) is 11.3 Å². The Morgan fingerprint density at radius 3 is 2.71 bits per heavy atom. The highest BCUT2D eigenvalue weighted by molar-refractivity contribution is 7.93. The van der Waals surface area contributed by atoms with Crippen LogP contribution in [0, 0.1) is 0 Å². The van der Waals surface area contributed by atoms with Crippen LogP contribution in [0.15, 0.2) is 10.4 Å². The molecule has 0 amide bonds. The van der Waals surface area contributed by atoms with Gasteiger partial charge in [0.15, 0.2) is 9.84 Å². The first kappa shape index (κ1) is 17.2. The first-order chi connectivity index (χ1) is 11.1. The number of ether oxygens (including phenoxy) is 1. The van der Waals surface area contributed by atoms with Crippen LogP contribution in [0.3, 0.4) is 0 Å². The molecule has 2 aromatic rings. The lowest BCUT2D eigenvalue weighted by Crippen LogP contribution is -2.26. The number of aromatic nitrogens is 2. The predicted molar refractivity (Wildman–Crippen MR) is 92.3 cm³/mol. The summed E-state index contributed by atoms with van der Waals surface area (Å²) in [7, 11) is -1.69. The van der Waals surface area contributed by atoms with E-state index in [9.17, 15) is 13.2 Å². The zero-order valence-corrected chi connectivity index (χ0v) is 16.0. The molecule has 0 fully saturated rings.